The predicted octanol–water partition coefficient (Wildman–Crippen LogP) is 2.68. The van der Waals surface area contributed by atoms with E-state index in [4.69, 9.17) is 16.7 Å². The molecule has 0 aliphatic carbocycles. The second-order valence-electron chi connectivity index (χ2n) is 2.54. The SMILES string of the molecule is CC(Cl)c1ccc(C(=O)O)cc1. The number of rotatable bonds is 2. The molecule has 1 aromatic rings. The summed E-state index contributed by atoms with van der Waals surface area (Å²) in [7, 11) is 0. The first-order valence-electron chi connectivity index (χ1n) is 3.58. The van der Waals surface area contributed by atoms with Crippen molar-refractivity contribution in [3.63, 3.8) is 0 Å². The molecule has 2 nitrogen and oxygen atoms in total. The molecule has 3 heteroatoms. The van der Waals surface area contributed by atoms with Crippen LogP contribution in [0.25, 0.3) is 0 Å². The lowest BCUT2D eigenvalue weighted by Gasteiger charge is -2.02. The molecule has 0 spiro atoms. The Morgan fingerprint density at radius 2 is 1.92 bits per heavy atom. The van der Waals surface area contributed by atoms with E-state index >= 15 is 0 Å². The van der Waals surface area contributed by atoms with Crippen molar-refractivity contribution in [1.82, 2.24) is 0 Å². The van der Waals surface area contributed by atoms with Crippen molar-refractivity contribution in [1.29, 1.82) is 0 Å². The molecule has 0 heterocycles. The summed E-state index contributed by atoms with van der Waals surface area (Å²) >= 11 is 5.79. The fraction of sp³-hybridized carbons (Fsp3) is 0.222. The summed E-state index contributed by atoms with van der Waals surface area (Å²) in [5, 5.41) is 8.51. The average molecular weight is 185 g/mol. The van der Waals surface area contributed by atoms with Crippen LogP contribution >= 0.6 is 11.6 Å². The predicted molar refractivity (Wildman–Crippen MR) is 47.7 cm³/mol. The number of aromatic carboxylic acids is 1. The van der Waals surface area contributed by atoms with E-state index in [2.05, 4.69) is 0 Å². The molecule has 0 amide bonds. The van der Waals surface area contributed by atoms with Crippen LogP contribution in [0, 0.1) is 0 Å². The van der Waals surface area contributed by atoms with E-state index in [1.807, 2.05) is 6.92 Å². The van der Waals surface area contributed by atoms with Gasteiger partial charge in [-0.05, 0) is 24.6 Å². The van der Waals surface area contributed by atoms with Gasteiger partial charge in [-0.25, -0.2) is 4.79 Å². The third-order valence-electron chi connectivity index (χ3n) is 1.62. The van der Waals surface area contributed by atoms with Crippen LogP contribution in [0.15, 0.2) is 24.3 Å². The Balaban J connectivity index is 2.93. The summed E-state index contributed by atoms with van der Waals surface area (Å²) < 4.78 is 0. The summed E-state index contributed by atoms with van der Waals surface area (Å²) in [5.41, 5.74) is 1.22. The highest BCUT2D eigenvalue weighted by Crippen LogP contribution is 2.19. The van der Waals surface area contributed by atoms with Crippen LogP contribution in [0.2, 0.25) is 0 Å². The third-order valence-corrected chi connectivity index (χ3v) is 1.87. The first kappa shape index (κ1) is 9.07. The smallest absolute Gasteiger partial charge is 0.335 e. The van der Waals surface area contributed by atoms with Gasteiger partial charge < -0.3 is 5.11 Å². The van der Waals surface area contributed by atoms with Crippen molar-refractivity contribution in [2.24, 2.45) is 0 Å². The van der Waals surface area contributed by atoms with Gasteiger partial charge in [0.15, 0.2) is 0 Å². The van der Waals surface area contributed by atoms with Crippen molar-refractivity contribution >= 4 is 17.6 Å². The number of hydrogen-bond donors (Lipinski definition) is 1. The highest BCUT2D eigenvalue weighted by molar-refractivity contribution is 6.20. The largest absolute Gasteiger partial charge is 0.478 e. The molecule has 1 unspecified atom stereocenters. The molecule has 1 aromatic carbocycles. The molecule has 64 valence electrons. The lowest BCUT2D eigenvalue weighted by molar-refractivity contribution is 0.0697. The van der Waals surface area contributed by atoms with Crippen LogP contribution in [-0.2, 0) is 0 Å². The van der Waals surface area contributed by atoms with Crippen LogP contribution < -0.4 is 0 Å². The number of alkyl halides is 1. The van der Waals surface area contributed by atoms with Gasteiger partial charge in [0.1, 0.15) is 0 Å². The summed E-state index contributed by atoms with van der Waals surface area (Å²) in [4.78, 5) is 10.4. The van der Waals surface area contributed by atoms with Crippen molar-refractivity contribution in [2.45, 2.75) is 12.3 Å². The van der Waals surface area contributed by atoms with Gasteiger partial charge in [0.2, 0.25) is 0 Å². The van der Waals surface area contributed by atoms with Gasteiger partial charge >= 0.3 is 5.97 Å². The van der Waals surface area contributed by atoms with Gasteiger partial charge in [0.05, 0.1) is 10.9 Å². The topological polar surface area (TPSA) is 37.3 Å². The lowest BCUT2D eigenvalue weighted by Crippen LogP contribution is -1.95. The Bertz CT molecular complexity index is 277. The summed E-state index contributed by atoms with van der Waals surface area (Å²) in [5.74, 6) is -0.913. The number of carboxylic acids is 1. The van der Waals surface area contributed by atoms with E-state index in [1.54, 1.807) is 24.3 Å². The van der Waals surface area contributed by atoms with Crippen molar-refractivity contribution in [2.75, 3.05) is 0 Å². The molecule has 0 aromatic heterocycles. The number of halogens is 1. The molecule has 0 radical (unpaired) electrons. The second-order valence-corrected chi connectivity index (χ2v) is 3.20. The molecule has 0 saturated heterocycles. The van der Waals surface area contributed by atoms with Crippen LogP contribution in [0.3, 0.4) is 0 Å². The molecule has 0 aliphatic heterocycles. The number of carbonyl (C=O) groups is 1. The zero-order valence-corrected chi connectivity index (χ0v) is 7.38. The molecule has 1 rings (SSSR count). The third kappa shape index (κ3) is 1.98. The normalized spacial score (nSPS) is 12.5. The standard InChI is InChI=1S/C9H9ClO2/c1-6(10)7-2-4-8(5-3-7)9(11)12/h2-6H,1H3,(H,11,12). The van der Waals surface area contributed by atoms with Gasteiger partial charge in [-0.15, -0.1) is 11.6 Å². The molecule has 1 atom stereocenters. The summed E-state index contributed by atoms with van der Waals surface area (Å²) in [6, 6.07) is 6.55. The first-order valence-corrected chi connectivity index (χ1v) is 4.02. The van der Waals surface area contributed by atoms with Crippen LogP contribution in [0.5, 0.6) is 0 Å². The fourth-order valence-electron chi connectivity index (χ4n) is 0.891. The minimum atomic E-state index is -0.913. The molecule has 0 fully saturated rings. The van der Waals surface area contributed by atoms with Gasteiger partial charge in [0.25, 0.3) is 0 Å². The minimum absolute atomic E-state index is 0.0761. The van der Waals surface area contributed by atoms with Crippen LogP contribution in [-0.4, -0.2) is 11.1 Å². The first-order chi connectivity index (χ1) is 5.61. The molecule has 0 saturated carbocycles. The maximum atomic E-state index is 10.4. The number of hydrogen-bond acceptors (Lipinski definition) is 1. The zero-order valence-electron chi connectivity index (χ0n) is 6.62. The quantitative estimate of drug-likeness (QED) is 0.718. The van der Waals surface area contributed by atoms with E-state index < -0.39 is 5.97 Å². The molecular weight excluding hydrogens is 176 g/mol. The van der Waals surface area contributed by atoms with Gasteiger partial charge in [-0.2, -0.15) is 0 Å². The number of benzene rings is 1. The Morgan fingerprint density at radius 3 is 2.25 bits per heavy atom. The van der Waals surface area contributed by atoms with E-state index in [0.29, 0.717) is 0 Å². The summed E-state index contributed by atoms with van der Waals surface area (Å²) in [6.45, 7) is 1.84. The molecule has 0 bridgehead atoms. The van der Waals surface area contributed by atoms with Gasteiger partial charge in [0, 0.05) is 0 Å². The lowest BCUT2D eigenvalue weighted by atomic mass is 10.1. The number of carboxylic acid groups (broad SMARTS) is 1. The fourth-order valence-corrected chi connectivity index (χ4v) is 1.04. The van der Waals surface area contributed by atoms with E-state index in [-0.39, 0.29) is 10.9 Å². The minimum Gasteiger partial charge on any atom is -0.478 e. The van der Waals surface area contributed by atoms with Gasteiger partial charge in [-0.3, -0.25) is 0 Å². The summed E-state index contributed by atoms with van der Waals surface area (Å²) in [6.07, 6.45) is 0. The Morgan fingerprint density at radius 1 is 1.42 bits per heavy atom. The molecule has 12 heavy (non-hydrogen) atoms. The van der Waals surface area contributed by atoms with Gasteiger partial charge in [-0.1, -0.05) is 12.1 Å². The van der Waals surface area contributed by atoms with E-state index in [0.717, 1.165) is 5.56 Å². The Hall–Kier alpha value is -1.02. The van der Waals surface area contributed by atoms with Crippen molar-refractivity contribution in [3.8, 4) is 0 Å². The second kappa shape index (κ2) is 3.59. The Labute approximate surface area is 75.8 Å². The van der Waals surface area contributed by atoms with E-state index in [9.17, 15) is 4.79 Å². The highest BCUT2D eigenvalue weighted by Gasteiger charge is 2.03. The molecular formula is C9H9ClO2. The molecule has 1 N–H and O–H groups in total. The van der Waals surface area contributed by atoms with E-state index in [1.165, 1.54) is 0 Å². The Kier molecular flexibility index (Phi) is 2.71. The maximum Gasteiger partial charge on any atom is 0.335 e. The maximum absolute atomic E-state index is 10.4. The van der Waals surface area contributed by atoms with Crippen LogP contribution in [0.4, 0.5) is 0 Å². The highest BCUT2D eigenvalue weighted by atomic mass is 35.5. The average Bonchev–Trinajstić information content (AvgIpc) is 2.04. The molecule has 0 aliphatic rings. The monoisotopic (exact) mass is 184 g/mol. The van der Waals surface area contributed by atoms with Crippen molar-refractivity contribution in [3.05, 3.63) is 35.4 Å². The van der Waals surface area contributed by atoms with Crippen LogP contribution in [0.1, 0.15) is 28.2 Å². The van der Waals surface area contributed by atoms with Crippen molar-refractivity contribution < 1.29 is 9.90 Å². The zero-order chi connectivity index (χ0) is 9.14.